The number of urea groups is 1. The molecule has 0 saturated carbocycles. The minimum absolute atomic E-state index is 0.181. The van der Waals surface area contributed by atoms with Crippen molar-refractivity contribution in [3.05, 3.63) is 53.5 Å². The first-order valence-corrected chi connectivity index (χ1v) is 11.9. The van der Waals surface area contributed by atoms with E-state index in [0.717, 1.165) is 5.69 Å². The van der Waals surface area contributed by atoms with Crippen LogP contribution < -0.4 is 4.90 Å². The number of likely N-dealkylation sites (tertiary alicyclic amines) is 1. The zero-order valence-electron chi connectivity index (χ0n) is 20.5. The maximum absolute atomic E-state index is 13.7. The number of anilines is 1. The number of imide groups is 1. The van der Waals surface area contributed by atoms with Gasteiger partial charge in [0.15, 0.2) is 0 Å². The predicted octanol–water partition coefficient (Wildman–Crippen LogP) is 2.57. The molecular formula is C26H25N7O3. The summed E-state index contributed by atoms with van der Waals surface area (Å²) in [6.07, 6.45) is 2.15. The topological polar surface area (TPSA) is 115 Å². The van der Waals surface area contributed by atoms with Crippen molar-refractivity contribution in [2.75, 3.05) is 11.4 Å². The predicted molar refractivity (Wildman–Crippen MR) is 130 cm³/mol. The van der Waals surface area contributed by atoms with Gasteiger partial charge in [-0.05, 0) is 36.8 Å². The molecule has 182 valence electrons. The largest absolute Gasteiger partial charge is 0.332 e. The van der Waals surface area contributed by atoms with Crippen molar-refractivity contribution in [1.29, 1.82) is 5.26 Å². The number of hydrogen-bond donors (Lipinski definition) is 0. The Labute approximate surface area is 207 Å². The molecule has 3 aliphatic heterocycles. The number of aryl methyl sites for hydroxylation is 1. The van der Waals surface area contributed by atoms with Crippen LogP contribution in [0.5, 0.6) is 0 Å². The number of carbonyl (C=O) groups is 3. The van der Waals surface area contributed by atoms with Gasteiger partial charge in [0.2, 0.25) is 0 Å². The smallest absolute Gasteiger partial charge is 0.330 e. The van der Waals surface area contributed by atoms with Crippen LogP contribution in [0.15, 0.2) is 36.5 Å². The molecule has 4 amide bonds. The van der Waals surface area contributed by atoms with Crippen LogP contribution in [0.25, 0.3) is 10.9 Å². The second-order valence-electron chi connectivity index (χ2n) is 10.7. The highest BCUT2D eigenvalue weighted by Crippen LogP contribution is 2.44. The average molecular weight is 484 g/mol. The van der Waals surface area contributed by atoms with E-state index in [0.29, 0.717) is 40.8 Å². The highest BCUT2D eigenvalue weighted by Gasteiger charge is 2.63. The lowest BCUT2D eigenvalue weighted by atomic mass is 9.92. The summed E-state index contributed by atoms with van der Waals surface area (Å²) in [5.41, 5.74) is 2.30. The van der Waals surface area contributed by atoms with Gasteiger partial charge >= 0.3 is 6.03 Å². The number of nitriles is 1. The van der Waals surface area contributed by atoms with Gasteiger partial charge in [-0.3, -0.25) is 19.3 Å². The highest BCUT2D eigenvalue weighted by atomic mass is 16.2. The standard InChI is InChI=1S/C26H25N7O3/c1-26(2,3)20-11-19(30(4)29-20)23(34)31-13-15-10-18(31)22-24(35)33(25(36)32(15)22)17-8-7-14(12-27)21-16(17)6-5-9-28-21/h5-9,11,15,18,22H,10,13H2,1-4H3/t15-,18?,22+/m1/s1. The minimum Gasteiger partial charge on any atom is -0.330 e. The number of hydrogen-bond acceptors (Lipinski definition) is 6. The third kappa shape index (κ3) is 2.92. The lowest BCUT2D eigenvalue weighted by molar-refractivity contribution is -0.121. The molecule has 2 aromatic heterocycles. The van der Waals surface area contributed by atoms with Crippen LogP contribution in [0.2, 0.25) is 0 Å². The SMILES string of the molecule is Cn1nc(C(C)(C)C)cc1C(=O)N1C[C@H]2CC1[C@H]1C(=O)N(c3ccc(C#N)c4ncccc34)C(=O)N21. The number of carbonyl (C=O) groups excluding carboxylic acids is 3. The summed E-state index contributed by atoms with van der Waals surface area (Å²) < 4.78 is 1.59. The van der Waals surface area contributed by atoms with Crippen molar-refractivity contribution in [3.8, 4) is 6.07 Å². The summed E-state index contributed by atoms with van der Waals surface area (Å²) in [5.74, 6) is -0.542. The number of fused-ring (bicyclic) bond motifs is 6. The van der Waals surface area contributed by atoms with E-state index < -0.39 is 18.1 Å². The van der Waals surface area contributed by atoms with Gasteiger partial charge in [-0.2, -0.15) is 10.4 Å². The van der Waals surface area contributed by atoms with Crippen LogP contribution in [0, 0.1) is 11.3 Å². The summed E-state index contributed by atoms with van der Waals surface area (Å²) in [5, 5.41) is 14.5. The minimum atomic E-state index is -0.738. The molecule has 1 unspecified atom stereocenters. The lowest BCUT2D eigenvalue weighted by Gasteiger charge is -2.34. The molecule has 1 aromatic carbocycles. The zero-order valence-corrected chi connectivity index (χ0v) is 20.5. The van der Waals surface area contributed by atoms with Gasteiger partial charge in [0, 0.05) is 30.6 Å². The second kappa shape index (κ2) is 7.37. The summed E-state index contributed by atoms with van der Waals surface area (Å²) in [6, 6.07) is 8.82. The molecule has 10 heteroatoms. The molecule has 3 aromatic rings. The molecule has 3 aliphatic rings. The number of aromatic nitrogens is 3. The van der Waals surface area contributed by atoms with Gasteiger partial charge < -0.3 is 9.80 Å². The van der Waals surface area contributed by atoms with E-state index >= 15 is 0 Å². The molecule has 0 radical (unpaired) electrons. The van der Waals surface area contributed by atoms with E-state index in [9.17, 15) is 19.6 Å². The Morgan fingerprint density at radius 3 is 2.67 bits per heavy atom. The van der Waals surface area contributed by atoms with Crippen molar-refractivity contribution >= 4 is 34.4 Å². The maximum atomic E-state index is 13.7. The molecule has 5 heterocycles. The zero-order chi connectivity index (χ0) is 25.5. The Kier molecular flexibility index (Phi) is 4.55. The molecule has 36 heavy (non-hydrogen) atoms. The van der Waals surface area contributed by atoms with Gasteiger partial charge in [-0.1, -0.05) is 20.8 Å². The molecular weight excluding hydrogens is 458 g/mol. The first-order valence-electron chi connectivity index (χ1n) is 11.9. The maximum Gasteiger partial charge on any atom is 0.332 e. The Hall–Kier alpha value is -4.26. The number of nitrogens with zero attached hydrogens (tertiary/aromatic N) is 7. The molecule has 3 fully saturated rings. The summed E-state index contributed by atoms with van der Waals surface area (Å²) in [7, 11) is 1.75. The van der Waals surface area contributed by atoms with Crippen LogP contribution in [0.1, 0.15) is 48.9 Å². The van der Waals surface area contributed by atoms with E-state index in [1.165, 1.54) is 4.90 Å². The average Bonchev–Trinajstić information content (AvgIpc) is 3.60. The van der Waals surface area contributed by atoms with Gasteiger partial charge in [0.25, 0.3) is 11.8 Å². The third-order valence-electron chi connectivity index (χ3n) is 7.50. The fourth-order valence-corrected chi connectivity index (χ4v) is 5.74. The fraction of sp³-hybridized carbons (Fsp3) is 0.385. The van der Waals surface area contributed by atoms with Crippen LogP contribution in [-0.4, -0.2) is 67.1 Å². The number of benzene rings is 1. The first-order chi connectivity index (χ1) is 17.1. The third-order valence-corrected chi connectivity index (χ3v) is 7.50. The Bertz CT molecular complexity index is 1510. The van der Waals surface area contributed by atoms with Crippen molar-refractivity contribution in [2.45, 2.75) is 50.7 Å². The second-order valence-corrected chi connectivity index (χ2v) is 10.7. The normalized spacial score (nSPS) is 23.1. The Balaban J connectivity index is 1.34. The van der Waals surface area contributed by atoms with Crippen molar-refractivity contribution < 1.29 is 14.4 Å². The molecule has 10 nitrogen and oxygen atoms in total. The van der Waals surface area contributed by atoms with E-state index in [4.69, 9.17) is 0 Å². The highest BCUT2D eigenvalue weighted by molar-refractivity contribution is 6.25. The number of rotatable bonds is 2. The van der Waals surface area contributed by atoms with E-state index in [1.807, 2.05) is 26.8 Å². The van der Waals surface area contributed by atoms with Crippen molar-refractivity contribution in [3.63, 3.8) is 0 Å². The van der Waals surface area contributed by atoms with Crippen LogP contribution in [0.3, 0.4) is 0 Å². The molecule has 3 atom stereocenters. The quantitative estimate of drug-likeness (QED) is 0.518. The van der Waals surface area contributed by atoms with E-state index in [1.54, 1.807) is 52.0 Å². The van der Waals surface area contributed by atoms with Crippen LogP contribution >= 0.6 is 0 Å². The van der Waals surface area contributed by atoms with E-state index in [2.05, 4.69) is 16.2 Å². The monoisotopic (exact) mass is 483 g/mol. The van der Waals surface area contributed by atoms with Gasteiger partial charge in [-0.25, -0.2) is 9.69 Å². The Morgan fingerprint density at radius 2 is 1.97 bits per heavy atom. The molecule has 2 bridgehead atoms. The molecule has 0 aliphatic carbocycles. The summed E-state index contributed by atoms with van der Waals surface area (Å²) in [4.78, 5) is 49.6. The van der Waals surface area contributed by atoms with Crippen LogP contribution in [0.4, 0.5) is 10.5 Å². The molecule has 0 N–H and O–H groups in total. The number of piperazine rings is 1. The van der Waals surface area contributed by atoms with Crippen molar-refractivity contribution in [2.24, 2.45) is 7.05 Å². The number of amides is 4. The summed E-state index contributed by atoms with van der Waals surface area (Å²) in [6.45, 7) is 6.50. The number of pyridine rings is 1. The molecule has 0 spiro atoms. The lowest BCUT2D eigenvalue weighted by Crippen LogP contribution is -2.55. The van der Waals surface area contributed by atoms with E-state index in [-0.39, 0.29) is 23.3 Å². The van der Waals surface area contributed by atoms with Crippen LogP contribution in [-0.2, 0) is 17.3 Å². The molecule has 3 saturated heterocycles. The molecule has 6 rings (SSSR count). The van der Waals surface area contributed by atoms with Crippen molar-refractivity contribution in [1.82, 2.24) is 24.6 Å². The fourth-order valence-electron chi connectivity index (χ4n) is 5.74. The van der Waals surface area contributed by atoms with Gasteiger partial charge in [-0.15, -0.1) is 0 Å². The first kappa shape index (κ1) is 22.2. The van der Waals surface area contributed by atoms with Gasteiger partial charge in [0.1, 0.15) is 17.8 Å². The Morgan fingerprint density at radius 1 is 1.19 bits per heavy atom. The van der Waals surface area contributed by atoms with Gasteiger partial charge in [0.05, 0.1) is 34.5 Å². The summed E-state index contributed by atoms with van der Waals surface area (Å²) >= 11 is 0.